The molecule has 0 atom stereocenters. The van der Waals surface area contributed by atoms with Crippen molar-refractivity contribution >= 4 is 0 Å². The molecule has 2 nitrogen and oxygen atoms in total. The van der Waals surface area contributed by atoms with Crippen LogP contribution in [-0.4, -0.2) is 13.2 Å². The minimum absolute atomic E-state index is 0.237. The zero-order valence-corrected chi connectivity index (χ0v) is 6.92. The molecule has 0 aliphatic heterocycles. The molecule has 0 spiro atoms. The molecule has 0 aliphatic rings. The van der Waals surface area contributed by atoms with Crippen molar-refractivity contribution in [1.29, 1.82) is 0 Å². The van der Waals surface area contributed by atoms with Crippen LogP contribution in [0.2, 0.25) is 0 Å². The summed E-state index contributed by atoms with van der Waals surface area (Å²) in [5.74, 6) is 0.476. The van der Waals surface area contributed by atoms with Crippen molar-refractivity contribution in [3.8, 4) is 5.75 Å². The van der Waals surface area contributed by atoms with Crippen LogP contribution in [0, 0.1) is 5.82 Å². The van der Waals surface area contributed by atoms with Crippen molar-refractivity contribution in [1.82, 2.24) is 0 Å². The van der Waals surface area contributed by atoms with Gasteiger partial charge in [-0.25, -0.2) is 4.39 Å². The monoisotopic (exact) mass is 170 g/mol. The van der Waals surface area contributed by atoms with Crippen molar-refractivity contribution in [2.75, 3.05) is 13.2 Å². The second-order valence-electron chi connectivity index (χ2n) is 2.51. The highest BCUT2D eigenvalue weighted by molar-refractivity contribution is 5.21. The van der Waals surface area contributed by atoms with E-state index in [-0.39, 0.29) is 5.82 Å². The minimum atomic E-state index is -0.237. The van der Waals surface area contributed by atoms with E-state index in [2.05, 4.69) is 5.73 Å². The van der Waals surface area contributed by atoms with Crippen molar-refractivity contribution in [3.63, 3.8) is 0 Å². The highest BCUT2D eigenvalue weighted by Gasteiger charge is 1.93. The molecule has 66 valence electrons. The Morgan fingerprint density at radius 2 is 1.92 bits per heavy atom. The number of benzene rings is 1. The molecule has 0 unspecified atom stereocenters. The Balaban J connectivity index is 2.37. The average molecular weight is 170 g/mol. The number of ether oxygens (including phenoxy) is 1. The minimum Gasteiger partial charge on any atom is -0.493 e. The average Bonchev–Trinajstić information content (AvgIpc) is 2.09. The van der Waals surface area contributed by atoms with Gasteiger partial charge in [-0.2, -0.15) is 0 Å². The van der Waals surface area contributed by atoms with Crippen LogP contribution in [0.4, 0.5) is 4.39 Å². The Morgan fingerprint density at radius 3 is 2.50 bits per heavy atom. The van der Waals surface area contributed by atoms with Crippen LogP contribution in [0.1, 0.15) is 6.42 Å². The van der Waals surface area contributed by atoms with E-state index in [0.717, 1.165) is 13.0 Å². The third kappa shape index (κ3) is 2.88. The van der Waals surface area contributed by atoms with E-state index in [9.17, 15) is 4.39 Å². The largest absolute Gasteiger partial charge is 0.493 e. The third-order valence-corrected chi connectivity index (χ3v) is 1.48. The summed E-state index contributed by atoms with van der Waals surface area (Å²) >= 11 is 0. The molecule has 3 N–H and O–H groups in total. The van der Waals surface area contributed by atoms with Crippen LogP contribution < -0.4 is 10.5 Å². The second-order valence-corrected chi connectivity index (χ2v) is 2.51. The normalized spacial score (nSPS) is 9.83. The molecule has 12 heavy (non-hydrogen) atoms. The zero-order chi connectivity index (χ0) is 8.81. The molecule has 1 aromatic rings. The fraction of sp³-hybridized carbons (Fsp3) is 0.333. The van der Waals surface area contributed by atoms with E-state index >= 15 is 0 Å². The van der Waals surface area contributed by atoms with Crippen LogP contribution in [0.15, 0.2) is 24.3 Å². The molecule has 0 aliphatic carbocycles. The van der Waals surface area contributed by atoms with Crippen LogP contribution in [0.3, 0.4) is 0 Å². The van der Waals surface area contributed by atoms with Gasteiger partial charge in [0.25, 0.3) is 0 Å². The standard InChI is InChI=1S/C9H12FNO/c10-8-2-4-9(5-3-8)12-7-1-6-11/h2-5H,1,6-7,11H2/p+1. The lowest BCUT2D eigenvalue weighted by Crippen LogP contribution is -2.50. The van der Waals surface area contributed by atoms with Gasteiger partial charge in [-0.1, -0.05) is 0 Å². The predicted molar refractivity (Wildman–Crippen MR) is 44.3 cm³/mol. The van der Waals surface area contributed by atoms with Crippen molar-refractivity contribution in [2.24, 2.45) is 0 Å². The van der Waals surface area contributed by atoms with Crippen LogP contribution in [0.5, 0.6) is 5.75 Å². The number of halogens is 1. The molecule has 0 fully saturated rings. The lowest BCUT2D eigenvalue weighted by molar-refractivity contribution is -0.368. The van der Waals surface area contributed by atoms with Gasteiger partial charge in [-0.15, -0.1) is 0 Å². The van der Waals surface area contributed by atoms with Gasteiger partial charge in [-0.05, 0) is 24.3 Å². The van der Waals surface area contributed by atoms with Gasteiger partial charge in [0.1, 0.15) is 11.6 Å². The summed E-state index contributed by atoms with van der Waals surface area (Å²) in [6.07, 6.45) is 0.928. The van der Waals surface area contributed by atoms with Gasteiger partial charge in [0.2, 0.25) is 0 Å². The summed E-state index contributed by atoms with van der Waals surface area (Å²) < 4.78 is 17.7. The zero-order valence-electron chi connectivity index (χ0n) is 6.92. The number of hydrogen-bond acceptors (Lipinski definition) is 1. The van der Waals surface area contributed by atoms with E-state index in [0.29, 0.717) is 12.4 Å². The first-order valence-corrected chi connectivity index (χ1v) is 4.00. The van der Waals surface area contributed by atoms with E-state index in [1.54, 1.807) is 12.1 Å². The lowest BCUT2D eigenvalue weighted by atomic mass is 10.3. The summed E-state index contributed by atoms with van der Waals surface area (Å²) in [6, 6.07) is 6.02. The van der Waals surface area contributed by atoms with Gasteiger partial charge >= 0.3 is 0 Å². The number of hydrogen-bond donors (Lipinski definition) is 1. The lowest BCUT2D eigenvalue weighted by Gasteiger charge is -2.03. The highest BCUT2D eigenvalue weighted by atomic mass is 19.1. The molecule has 0 heterocycles. The quantitative estimate of drug-likeness (QED) is 0.668. The summed E-state index contributed by atoms with van der Waals surface area (Å²) in [6.45, 7) is 1.51. The molecular weight excluding hydrogens is 157 g/mol. The highest BCUT2D eigenvalue weighted by Crippen LogP contribution is 2.10. The van der Waals surface area contributed by atoms with E-state index in [1.165, 1.54) is 12.1 Å². The first-order chi connectivity index (χ1) is 5.83. The maximum atomic E-state index is 12.4. The van der Waals surface area contributed by atoms with Crippen LogP contribution in [0.25, 0.3) is 0 Å². The first-order valence-electron chi connectivity index (χ1n) is 4.00. The summed E-state index contributed by atoms with van der Waals surface area (Å²) in [5.41, 5.74) is 3.69. The van der Waals surface area contributed by atoms with Crippen LogP contribution in [-0.2, 0) is 0 Å². The first kappa shape index (κ1) is 9.00. The molecule has 3 heteroatoms. The summed E-state index contributed by atoms with van der Waals surface area (Å²) in [4.78, 5) is 0. The fourth-order valence-corrected chi connectivity index (χ4v) is 0.823. The molecule has 0 saturated heterocycles. The van der Waals surface area contributed by atoms with Crippen LogP contribution >= 0.6 is 0 Å². The maximum Gasteiger partial charge on any atom is 0.123 e. The Bertz CT molecular complexity index is 222. The van der Waals surface area contributed by atoms with Gasteiger partial charge in [0.15, 0.2) is 0 Å². The summed E-state index contributed by atoms with van der Waals surface area (Å²) in [7, 11) is 0. The maximum absolute atomic E-state index is 12.4. The molecular formula is C9H13FNO+. The predicted octanol–water partition coefficient (Wildman–Crippen LogP) is 0.836. The molecule has 0 bridgehead atoms. The van der Waals surface area contributed by atoms with Crippen molar-refractivity contribution in [3.05, 3.63) is 30.1 Å². The topological polar surface area (TPSA) is 36.9 Å². The number of rotatable bonds is 4. The Hall–Kier alpha value is -1.09. The molecule has 0 radical (unpaired) electrons. The molecule has 1 aromatic carbocycles. The third-order valence-electron chi connectivity index (χ3n) is 1.48. The molecule has 0 aromatic heterocycles. The second kappa shape index (κ2) is 4.72. The van der Waals surface area contributed by atoms with Crippen molar-refractivity contribution in [2.45, 2.75) is 6.42 Å². The van der Waals surface area contributed by atoms with Crippen molar-refractivity contribution < 1.29 is 14.9 Å². The fourth-order valence-electron chi connectivity index (χ4n) is 0.823. The Labute approximate surface area is 71.1 Å². The Morgan fingerprint density at radius 1 is 1.25 bits per heavy atom. The molecule has 1 rings (SSSR count). The van der Waals surface area contributed by atoms with E-state index < -0.39 is 0 Å². The number of quaternary nitrogens is 1. The van der Waals surface area contributed by atoms with Gasteiger partial charge in [0.05, 0.1) is 13.2 Å². The van der Waals surface area contributed by atoms with Gasteiger partial charge < -0.3 is 10.5 Å². The molecule has 0 saturated carbocycles. The molecule has 0 amide bonds. The summed E-state index contributed by atoms with van der Waals surface area (Å²) in [5, 5.41) is 0. The van der Waals surface area contributed by atoms with E-state index in [1.807, 2.05) is 0 Å². The van der Waals surface area contributed by atoms with Gasteiger partial charge in [0, 0.05) is 6.42 Å². The van der Waals surface area contributed by atoms with Gasteiger partial charge in [-0.3, -0.25) is 0 Å². The Kier molecular flexibility index (Phi) is 3.54. The van der Waals surface area contributed by atoms with E-state index in [4.69, 9.17) is 4.74 Å². The smallest absolute Gasteiger partial charge is 0.123 e. The SMILES string of the molecule is [NH3+]CCCOc1ccc(F)cc1.